The Morgan fingerprint density at radius 2 is 1.71 bits per heavy atom. The van der Waals surface area contributed by atoms with Crippen LogP contribution in [0.3, 0.4) is 0 Å². The highest BCUT2D eigenvalue weighted by molar-refractivity contribution is 6.00. The predicted molar refractivity (Wildman–Crippen MR) is 88.2 cm³/mol. The van der Waals surface area contributed by atoms with Crippen LogP contribution in [-0.4, -0.2) is 12.9 Å². The van der Waals surface area contributed by atoms with Crippen molar-refractivity contribution in [2.45, 2.75) is 45.4 Å². The van der Waals surface area contributed by atoms with Gasteiger partial charge in [0.15, 0.2) is 6.29 Å². The van der Waals surface area contributed by atoms with Crippen LogP contribution in [0.15, 0.2) is 36.4 Å². The van der Waals surface area contributed by atoms with E-state index in [0.29, 0.717) is 17.9 Å². The number of rotatable bonds is 9. The molecule has 0 aliphatic carbocycles. The van der Waals surface area contributed by atoms with Gasteiger partial charge in [-0.05, 0) is 23.3 Å². The Labute approximate surface area is 127 Å². The number of hydrogen-bond acceptors (Lipinski definition) is 2. The lowest BCUT2D eigenvalue weighted by atomic mass is 10.0. The van der Waals surface area contributed by atoms with Crippen molar-refractivity contribution in [2.75, 3.05) is 6.61 Å². The third-order valence-electron chi connectivity index (χ3n) is 3.80. The van der Waals surface area contributed by atoms with Crippen LogP contribution < -0.4 is 4.74 Å². The first-order valence-electron chi connectivity index (χ1n) is 7.96. The van der Waals surface area contributed by atoms with Crippen LogP contribution in [0.1, 0.15) is 55.8 Å². The number of aldehydes is 1. The molecule has 2 aromatic carbocycles. The van der Waals surface area contributed by atoms with E-state index in [2.05, 4.69) is 6.92 Å². The minimum atomic E-state index is 0.666. The molecule has 0 fully saturated rings. The van der Waals surface area contributed by atoms with Crippen molar-refractivity contribution in [2.24, 2.45) is 0 Å². The van der Waals surface area contributed by atoms with E-state index in [1.807, 2.05) is 36.4 Å². The van der Waals surface area contributed by atoms with Gasteiger partial charge >= 0.3 is 0 Å². The number of ether oxygens (including phenoxy) is 1. The summed E-state index contributed by atoms with van der Waals surface area (Å²) in [4.78, 5) is 11.4. The van der Waals surface area contributed by atoms with Crippen LogP contribution in [0, 0.1) is 0 Å². The van der Waals surface area contributed by atoms with Gasteiger partial charge in [0, 0.05) is 0 Å². The molecule has 2 aromatic rings. The van der Waals surface area contributed by atoms with E-state index in [0.717, 1.165) is 23.5 Å². The molecule has 0 N–H and O–H groups in total. The molecule has 0 saturated heterocycles. The smallest absolute Gasteiger partial charge is 0.154 e. The van der Waals surface area contributed by atoms with Crippen molar-refractivity contribution in [3.8, 4) is 5.75 Å². The van der Waals surface area contributed by atoms with Crippen LogP contribution in [0.5, 0.6) is 5.75 Å². The molecule has 0 bridgehead atoms. The van der Waals surface area contributed by atoms with Gasteiger partial charge in [-0.15, -0.1) is 0 Å². The highest BCUT2D eigenvalue weighted by atomic mass is 16.5. The standard InChI is InChI=1S/C19H24O2/c1-2-3-4-5-6-9-14-21-19-13-12-16-10-7-8-11-17(16)18(19)15-20/h7-8,10-13,15H,2-6,9,14H2,1H3. The van der Waals surface area contributed by atoms with Gasteiger partial charge in [-0.2, -0.15) is 0 Å². The molecule has 2 heteroatoms. The van der Waals surface area contributed by atoms with Gasteiger partial charge in [0.1, 0.15) is 5.75 Å². The van der Waals surface area contributed by atoms with Crippen molar-refractivity contribution in [1.82, 2.24) is 0 Å². The van der Waals surface area contributed by atoms with E-state index in [-0.39, 0.29) is 0 Å². The highest BCUT2D eigenvalue weighted by Gasteiger charge is 2.07. The maximum atomic E-state index is 11.4. The van der Waals surface area contributed by atoms with Crippen molar-refractivity contribution in [3.63, 3.8) is 0 Å². The largest absolute Gasteiger partial charge is 0.493 e. The fourth-order valence-corrected chi connectivity index (χ4v) is 2.59. The molecule has 0 spiro atoms. The summed E-state index contributed by atoms with van der Waals surface area (Å²) in [5.74, 6) is 0.706. The fourth-order valence-electron chi connectivity index (χ4n) is 2.59. The van der Waals surface area contributed by atoms with Crippen LogP contribution in [-0.2, 0) is 0 Å². The van der Waals surface area contributed by atoms with E-state index in [9.17, 15) is 4.79 Å². The lowest BCUT2D eigenvalue weighted by Gasteiger charge is -2.10. The Bertz CT molecular complexity index is 575. The maximum absolute atomic E-state index is 11.4. The Morgan fingerprint density at radius 1 is 0.952 bits per heavy atom. The Balaban J connectivity index is 1.91. The van der Waals surface area contributed by atoms with Gasteiger partial charge in [0.25, 0.3) is 0 Å². The summed E-state index contributed by atoms with van der Waals surface area (Å²) in [6.07, 6.45) is 8.33. The van der Waals surface area contributed by atoms with Crippen LogP contribution in [0.25, 0.3) is 10.8 Å². The molecular formula is C19H24O2. The first-order valence-corrected chi connectivity index (χ1v) is 7.96. The van der Waals surface area contributed by atoms with Crippen LogP contribution >= 0.6 is 0 Å². The summed E-state index contributed by atoms with van der Waals surface area (Å²) in [5.41, 5.74) is 0.666. The van der Waals surface area contributed by atoms with Crippen molar-refractivity contribution in [3.05, 3.63) is 42.0 Å². The molecule has 0 saturated carbocycles. The summed E-state index contributed by atoms with van der Waals surface area (Å²) in [6.45, 7) is 2.91. The van der Waals surface area contributed by atoms with E-state index in [1.54, 1.807) is 0 Å². The summed E-state index contributed by atoms with van der Waals surface area (Å²) >= 11 is 0. The zero-order chi connectivity index (χ0) is 14.9. The van der Waals surface area contributed by atoms with Gasteiger partial charge in [0.05, 0.1) is 12.2 Å². The molecule has 2 nitrogen and oxygen atoms in total. The quantitative estimate of drug-likeness (QED) is 0.455. The third kappa shape index (κ3) is 4.32. The predicted octanol–water partition coefficient (Wildman–Crippen LogP) is 5.39. The second kappa shape index (κ2) is 8.46. The number of benzene rings is 2. The summed E-state index contributed by atoms with van der Waals surface area (Å²) < 4.78 is 5.81. The molecular weight excluding hydrogens is 260 g/mol. The summed E-state index contributed by atoms with van der Waals surface area (Å²) in [5, 5.41) is 2.04. The molecule has 0 atom stereocenters. The van der Waals surface area contributed by atoms with Gasteiger partial charge < -0.3 is 4.74 Å². The number of carbonyl (C=O) groups excluding carboxylic acids is 1. The third-order valence-corrected chi connectivity index (χ3v) is 3.80. The van der Waals surface area contributed by atoms with Crippen LogP contribution in [0.2, 0.25) is 0 Å². The second-order valence-corrected chi connectivity index (χ2v) is 5.43. The van der Waals surface area contributed by atoms with Gasteiger partial charge in [-0.25, -0.2) is 0 Å². The summed E-state index contributed by atoms with van der Waals surface area (Å²) in [7, 11) is 0. The average Bonchev–Trinajstić information content (AvgIpc) is 2.53. The number of hydrogen-bond donors (Lipinski definition) is 0. The van der Waals surface area contributed by atoms with E-state index in [1.165, 1.54) is 32.1 Å². The van der Waals surface area contributed by atoms with E-state index < -0.39 is 0 Å². The normalized spacial score (nSPS) is 10.7. The van der Waals surface area contributed by atoms with Crippen molar-refractivity contribution >= 4 is 17.1 Å². The molecule has 0 unspecified atom stereocenters. The Hall–Kier alpha value is -1.83. The lowest BCUT2D eigenvalue weighted by Crippen LogP contribution is -2.00. The first kappa shape index (κ1) is 15.6. The number of unbranched alkanes of at least 4 members (excludes halogenated alkanes) is 5. The zero-order valence-electron chi connectivity index (χ0n) is 12.8. The van der Waals surface area contributed by atoms with Gasteiger partial charge in [-0.3, -0.25) is 4.79 Å². The monoisotopic (exact) mass is 284 g/mol. The second-order valence-electron chi connectivity index (χ2n) is 5.43. The molecule has 0 heterocycles. The molecule has 112 valence electrons. The topological polar surface area (TPSA) is 26.3 Å². The zero-order valence-corrected chi connectivity index (χ0v) is 12.8. The van der Waals surface area contributed by atoms with Crippen LogP contribution in [0.4, 0.5) is 0 Å². The molecule has 2 rings (SSSR count). The van der Waals surface area contributed by atoms with Crippen molar-refractivity contribution < 1.29 is 9.53 Å². The first-order chi connectivity index (χ1) is 10.4. The molecule has 0 aliphatic rings. The number of fused-ring (bicyclic) bond motifs is 1. The molecule has 0 amide bonds. The Morgan fingerprint density at radius 3 is 2.52 bits per heavy atom. The SMILES string of the molecule is CCCCCCCCOc1ccc2ccccc2c1C=O. The van der Waals surface area contributed by atoms with Crippen molar-refractivity contribution in [1.29, 1.82) is 0 Å². The molecule has 0 aromatic heterocycles. The number of carbonyl (C=O) groups is 1. The molecule has 0 radical (unpaired) electrons. The molecule has 21 heavy (non-hydrogen) atoms. The van der Waals surface area contributed by atoms with Gasteiger partial charge in [-0.1, -0.05) is 69.4 Å². The van der Waals surface area contributed by atoms with E-state index >= 15 is 0 Å². The minimum absolute atomic E-state index is 0.666. The maximum Gasteiger partial charge on any atom is 0.154 e. The Kier molecular flexibility index (Phi) is 6.26. The summed E-state index contributed by atoms with van der Waals surface area (Å²) in [6, 6.07) is 11.8. The lowest BCUT2D eigenvalue weighted by molar-refractivity contribution is 0.112. The molecule has 0 aliphatic heterocycles. The minimum Gasteiger partial charge on any atom is -0.493 e. The average molecular weight is 284 g/mol. The highest BCUT2D eigenvalue weighted by Crippen LogP contribution is 2.26. The van der Waals surface area contributed by atoms with E-state index in [4.69, 9.17) is 4.74 Å². The van der Waals surface area contributed by atoms with Gasteiger partial charge in [0.2, 0.25) is 0 Å². The fraction of sp³-hybridized carbons (Fsp3) is 0.421.